The molecule has 1 atom stereocenters. The summed E-state index contributed by atoms with van der Waals surface area (Å²) in [6.07, 6.45) is 4.61. The summed E-state index contributed by atoms with van der Waals surface area (Å²) in [5, 5.41) is 6.64. The molecular formula is C34H55N3O9S. The predicted octanol–water partition coefficient (Wildman–Crippen LogP) is 5.45. The van der Waals surface area contributed by atoms with Gasteiger partial charge in [0.1, 0.15) is 25.1 Å². The maximum absolute atomic E-state index is 13.0. The average molecular weight is 682 g/mol. The van der Waals surface area contributed by atoms with Crippen LogP contribution in [0.2, 0.25) is 0 Å². The minimum atomic E-state index is -0.759. The van der Waals surface area contributed by atoms with E-state index < -0.39 is 30.1 Å². The Morgan fingerprint density at radius 1 is 0.830 bits per heavy atom. The molecule has 2 N–H and O–H groups in total. The molecule has 0 bridgehead atoms. The number of hydrogen-bond acceptors (Lipinski definition) is 11. The third kappa shape index (κ3) is 19.2. The SMILES string of the molecule is CNCCCN(C)C(=O)Oc1c(COC(C)=O)cc(C(CCCC(=O)NCCCCCCSC(C)C)OC(C)=O)cc1COC(C)=O. The Kier molecular flexibility index (Phi) is 21.2. The van der Waals surface area contributed by atoms with Gasteiger partial charge < -0.3 is 34.5 Å². The van der Waals surface area contributed by atoms with Crippen molar-refractivity contribution in [3.63, 3.8) is 0 Å². The molecular weight excluding hydrogens is 626 g/mol. The summed E-state index contributed by atoms with van der Waals surface area (Å²) in [7, 11) is 3.42. The van der Waals surface area contributed by atoms with Crippen LogP contribution in [0.25, 0.3) is 0 Å². The zero-order valence-corrected chi connectivity index (χ0v) is 30.1. The largest absolute Gasteiger partial charge is 0.461 e. The van der Waals surface area contributed by atoms with Gasteiger partial charge in [0, 0.05) is 58.5 Å². The van der Waals surface area contributed by atoms with Crippen LogP contribution in [0.5, 0.6) is 5.75 Å². The van der Waals surface area contributed by atoms with Crippen LogP contribution in [0.3, 0.4) is 0 Å². The van der Waals surface area contributed by atoms with Crippen molar-refractivity contribution < 1.29 is 42.9 Å². The Morgan fingerprint density at radius 3 is 2.00 bits per heavy atom. The van der Waals surface area contributed by atoms with Gasteiger partial charge in [-0.15, -0.1) is 0 Å². The van der Waals surface area contributed by atoms with E-state index in [0.717, 1.165) is 25.0 Å². The summed E-state index contributed by atoms with van der Waals surface area (Å²) in [6, 6.07) is 3.27. The maximum Gasteiger partial charge on any atom is 0.414 e. The normalized spacial score (nSPS) is 11.5. The molecule has 0 fully saturated rings. The summed E-state index contributed by atoms with van der Waals surface area (Å²) >= 11 is 1.96. The summed E-state index contributed by atoms with van der Waals surface area (Å²) < 4.78 is 21.9. The molecule has 0 aliphatic heterocycles. The van der Waals surface area contributed by atoms with E-state index in [-0.39, 0.29) is 31.3 Å². The number of nitrogens with zero attached hydrogens (tertiary/aromatic N) is 1. The molecule has 1 aromatic rings. The fourth-order valence-electron chi connectivity index (χ4n) is 4.58. The fourth-order valence-corrected chi connectivity index (χ4v) is 5.42. The summed E-state index contributed by atoms with van der Waals surface area (Å²) in [5.41, 5.74) is 1.17. The minimum absolute atomic E-state index is 0.0749. The van der Waals surface area contributed by atoms with Crippen molar-refractivity contribution in [2.45, 2.75) is 111 Å². The topological polar surface area (TPSA) is 150 Å². The number of hydrogen-bond donors (Lipinski definition) is 2. The molecule has 0 spiro atoms. The van der Waals surface area contributed by atoms with Gasteiger partial charge in [-0.1, -0.05) is 26.7 Å². The van der Waals surface area contributed by atoms with Gasteiger partial charge >= 0.3 is 24.0 Å². The van der Waals surface area contributed by atoms with Crippen LogP contribution in [0, 0.1) is 0 Å². The van der Waals surface area contributed by atoms with Gasteiger partial charge in [0.05, 0.1) is 0 Å². The van der Waals surface area contributed by atoms with Crippen molar-refractivity contribution in [3.05, 3.63) is 28.8 Å². The van der Waals surface area contributed by atoms with Gasteiger partial charge in [-0.05, 0) is 74.4 Å². The van der Waals surface area contributed by atoms with Gasteiger partial charge in [0.25, 0.3) is 0 Å². The molecule has 0 aliphatic rings. The highest BCUT2D eigenvalue weighted by Crippen LogP contribution is 2.34. The van der Waals surface area contributed by atoms with E-state index in [1.54, 1.807) is 19.2 Å². The third-order valence-corrected chi connectivity index (χ3v) is 8.13. The van der Waals surface area contributed by atoms with Crippen LogP contribution in [-0.2, 0) is 46.6 Å². The van der Waals surface area contributed by atoms with Crippen molar-refractivity contribution in [1.82, 2.24) is 15.5 Å². The molecule has 0 heterocycles. The van der Waals surface area contributed by atoms with Crippen LogP contribution in [0.1, 0.15) is 109 Å². The Hall–Kier alpha value is -3.32. The smallest absolute Gasteiger partial charge is 0.414 e. The summed E-state index contributed by atoms with van der Waals surface area (Å²) in [6.45, 7) is 9.47. The number of ether oxygens (including phenoxy) is 4. The molecule has 2 amide bonds. The van der Waals surface area contributed by atoms with E-state index in [1.807, 2.05) is 18.8 Å². The number of benzene rings is 1. The first-order valence-corrected chi connectivity index (χ1v) is 17.4. The first kappa shape index (κ1) is 41.7. The number of esters is 3. The maximum atomic E-state index is 13.0. The van der Waals surface area contributed by atoms with Crippen molar-refractivity contribution in [2.75, 3.05) is 39.5 Å². The second-order valence-corrected chi connectivity index (χ2v) is 13.3. The quantitative estimate of drug-likeness (QED) is 0.0863. The van der Waals surface area contributed by atoms with Crippen LogP contribution in [0.15, 0.2) is 12.1 Å². The molecule has 1 aromatic carbocycles. The predicted molar refractivity (Wildman–Crippen MR) is 182 cm³/mol. The van der Waals surface area contributed by atoms with Crippen molar-refractivity contribution >= 4 is 41.7 Å². The number of unbranched alkanes of at least 4 members (excludes halogenated alkanes) is 3. The van der Waals surface area contributed by atoms with Gasteiger partial charge in [0.2, 0.25) is 5.91 Å². The highest BCUT2D eigenvalue weighted by Gasteiger charge is 2.24. The molecule has 1 unspecified atom stereocenters. The molecule has 0 radical (unpaired) electrons. The van der Waals surface area contributed by atoms with Crippen molar-refractivity contribution in [2.24, 2.45) is 0 Å². The zero-order valence-electron chi connectivity index (χ0n) is 29.2. The fraction of sp³-hybridized carbons (Fsp3) is 0.676. The van der Waals surface area contributed by atoms with E-state index >= 15 is 0 Å². The monoisotopic (exact) mass is 681 g/mol. The van der Waals surface area contributed by atoms with Crippen LogP contribution in [0.4, 0.5) is 4.79 Å². The van der Waals surface area contributed by atoms with E-state index in [9.17, 15) is 24.0 Å². The minimum Gasteiger partial charge on any atom is -0.461 e. The molecule has 0 aliphatic carbocycles. The number of nitrogens with one attached hydrogen (secondary N) is 2. The summed E-state index contributed by atoms with van der Waals surface area (Å²) in [5.74, 6) is -0.451. The average Bonchev–Trinajstić information content (AvgIpc) is 2.99. The highest BCUT2D eigenvalue weighted by atomic mass is 32.2. The van der Waals surface area contributed by atoms with Gasteiger partial charge in [0.15, 0.2) is 0 Å². The lowest BCUT2D eigenvalue weighted by Crippen LogP contribution is -2.32. The number of carbonyl (C=O) groups excluding carboxylic acids is 5. The van der Waals surface area contributed by atoms with E-state index in [0.29, 0.717) is 60.8 Å². The van der Waals surface area contributed by atoms with Crippen LogP contribution >= 0.6 is 11.8 Å². The van der Waals surface area contributed by atoms with Crippen LogP contribution in [-0.4, -0.2) is 79.5 Å². The number of amides is 2. The Labute approximate surface area is 284 Å². The number of thioether (sulfide) groups is 1. The van der Waals surface area contributed by atoms with E-state index in [2.05, 4.69) is 24.5 Å². The highest BCUT2D eigenvalue weighted by molar-refractivity contribution is 7.99. The van der Waals surface area contributed by atoms with Gasteiger partial charge in [-0.3, -0.25) is 19.2 Å². The second kappa shape index (κ2) is 23.9. The molecule has 1 rings (SSSR count). The van der Waals surface area contributed by atoms with Crippen LogP contribution < -0.4 is 15.4 Å². The first-order valence-electron chi connectivity index (χ1n) is 16.4. The zero-order chi connectivity index (χ0) is 35.2. The molecule has 13 heteroatoms. The lowest BCUT2D eigenvalue weighted by atomic mass is 9.97. The Morgan fingerprint density at radius 2 is 1.45 bits per heavy atom. The molecule has 0 saturated heterocycles. The lowest BCUT2D eigenvalue weighted by Gasteiger charge is -2.23. The van der Waals surface area contributed by atoms with Gasteiger partial charge in [-0.2, -0.15) is 11.8 Å². The third-order valence-electron chi connectivity index (χ3n) is 6.94. The second-order valence-electron chi connectivity index (χ2n) is 11.6. The molecule has 47 heavy (non-hydrogen) atoms. The molecule has 12 nitrogen and oxygen atoms in total. The Bertz CT molecular complexity index is 1110. The number of carbonyl (C=O) groups is 5. The Balaban J connectivity index is 3.09. The number of rotatable bonds is 23. The molecule has 0 aromatic heterocycles. The van der Waals surface area contributed by atoms with Gasteiger partial charge in [-0.25, -0.2) is 4.79 Å². The van der Waals surface area contributed by atoms with E-state index in [1.165, 1.54) is 32.1 Å². The standard InChI is InChI=1S/C34H55N3O9S/c1-24(2)47-19-11-9-8-10-17-36-32(41)15-12-14-31(45-27(5)40)28-20-29(22-43-25(3)38)33(30(21-28)23-44-26(4)39)46-34(42)37(7)18-13-16-35-6/h20-21,24,31,35H,8-19,22-23H2,1-7H3,(H,36,41). The first-order chi connectivity index (χ1) is 22.3. The molecule has 266 valence electrons. The van der Waals surface area contributed by atoms with E-state index in [4.69, 9.17) is 18.9 Å². The lowest BCUT2D eigenvalue weighted by molar-refractivity contribution is -0.147. The summed E-state index contributed by atoms with van der Waals surface area (Å²) in [4.78, 5) is 62.5. The van der Waals surface area contributed by atoms with Crippen molar-refractivity contribution in [3.8, 4) is 5.75 Å². The van der Waals surface area contributed by atoms with Crippen molar-refractivity contribution in [1.29, 1.82) is 0 Å². The molecule has 0 saturated carbocycles.